The topological polar surface area (TPSA) is 0 Å². The monoisotopic (exact) mass is 350 g/mol. The van der Waals surface area contributed by atoms with Crippen molar-refractivity contribution in [2.24, 2.45) is 0 Å². The second-order valence-corrected chi connectivity index (χ2v) is 6.60. The number of fused-ring (bicyclic) bond motifs is 3. The summed E-state index contributed by atoms with van der Waals surface area (Å²) in [6.07, 6.45) is 0. The van der Waals surface area contributed by atoms with E-state index in [2.05, 4.69) is 82.1 Å². The maximum absolute atomic E-state index is 3.71. The molecular formula is C15H12Br2. The van der Waals surface area contributed by atoms with Crippen molar-refractivity contribution in [2.45, 2.75) is 19.3 Å². The second kappa shape index (κ2) is 3.69. The van der Waals surface area contributed by atoms with E-state index in [1.807, 2.05) is 0 Å². The summed E-state index contributed by atoms with van der Waals surface area (Å²) in [5, 5.41) is 0. The van der Waals surface area contributed by atoms with Gasteiger partial charge in [-0.25, -0.2) is 0 Å². The third-order valence-corrected chi connectivity index (χ3v) is 5.65. The maximum Gasteiger partial charge on any atom is 0.0399 e. The van der Waals surface area contributed by atoms with Crippen LogP contribution in [0.2, 0.25) is 0 Å². The van der Waals surface area contributed by atoms with Gasteiger partial charge in [0, 0.05) is 19.9 Å². The summed E-state index contributed by atoms with van der Waals surface area (Å²) < 4.78 is 2.27. The summed E-state index contributed by atoms with van der Waals surface area (Å²) in [7, 11) is 0. The quantitative estimate of drug-likeness (QED) is 0.586. The highest BCUT2D eigenvalue weighted by molar-refractivity contribution is 9.13. The third-order valence-electron chi connectivity index (χ3n) is 3.64. The lowest BCUT2D eigenvalue weighted by Crippen LogP contribution is -2.14. The molecule has 0 saturated carbocycles. The van der Waals surface area contributed by atoms with E-state index in [1.54, 1.807) is 0 Å². The molecule has 0 amide bonds. The molecule has 1 aliphatic carbocycles. The number of hydrogen-bond acceptors (Lipinski definition) is 0. The highest BCUT2D eigenvalue weighted by Gasteiger charge is 2.36. The molecule has 3 rings (SSSR count). The summed E-state index contributed by atoms with van der Waals surface area (Å²) in [4.78, 5) is 0. The molecule has 2 aromatic rings. The smallest absolute Gasteiger partial charge is 0.0399 e. The minimum Gasteiger partial charge on any atom is -0.0619 e. The standard InChI is InChI=1S/C15H12Br2/c1-15(2)10-6-4-3-5-9(10)13-11(15)7-8-12(16)14(13)17/h3-8H,1-2H3. The molecule has 86 valence electrons. The van der Waals surface area contributed by atoms with Gasteiger partial charge in [0.1, 0.15) is 0 Å². The molecule has 17 heavy (non-hydrogen) atoms. The summed E-state index contributed by atoms with van der Waals surface area (Å²) in [6, 6.07) is 13.0. The van der Waals surface area contributed by atoms with Crippen LogP contribution in [0.1, 0.15) is 25.0 Å². The highest BCUT2D eigenvalue weighted by Crippen LogP contribution is 2.52. The molecular weight excluding hydrogens is 340 g/mol. The van der Waals surface area contributed by atoms with E-state index in [4.69, 9.17) is 0 Å². The zero-order chi connectivity index (χ0) is 12.2. The number of halogens is 2. The van der Waals surface area contributed by atoms with Crippen LogP contribution in [0.5, 0.6) is 0 Å². The fourth-order valence-electron chi connectivity index (χ4n) is 2.73. The van der Waals surface area contributed by atoms with Crippen molar-refractivity contribution in [1.29, 1.82) is 0 Å². The van der Waals surface area contributed by atoms with E-state index in [-0.39, 0.29) is 5.41 Å². The lowest BCUT2D eigenvalue weighted by Gasteiger charge is -2.21. The molecule has 0 aliphatic heterocycles. The van der Waals surface area contributed by atoms with E-state index in [9.17, 15) is 0 Å². The van der Waals surface area contributed by atoms with Crippen LogP contribution in [-0.4, -0.2) is 0 Å². The lowest BCUT2D eigenvalue weighted by molar-refractivity contribution is 0.660. The second-order valence-electron chi connectivity index (χ2n) is 4.95. The Balaban J connectivity index is 2.46. The van der Waals surface area contributed by atoms with Crippen LogP contribution in [0, 0.1) is 0 Å². The van der Waals surface area contributed by atoms with Gasteiger partial charge in [-0.1, -0.05) is 44.2 Å². The van der Waals surface area contributed by atoms with Crippen molar-refractivity contribution < 1.29 is 0 Å². The molecule has 0 unspecified atom stereocenters. The fraction of sp³-hybridized carbons (Fsp3) is 0.200. The van der Waals surface area contributed by atoms with Gasteiger partial charge in [0.2, 0.25) is 0 Å². The zero-order valence-electron chi connectivity index (χ0n) is 9.72. The van der Waals surface area contributed by atoms with Crippen LogP contribution < -0.4 is 0 Å². The number of hydrogen-bond donors (Lipinski definition) is 0. The van der Waals surface area contributed by atoms with Gasteiger partial charge in [0.05, 0.1) is 0 Å². The van der Waals surface area contributed by atoms with Gasteiger partial charge in [0.15, 0.2) is 0 Å². The molecule has 2 heteroatoms. The average molecular weight is 352 g/mol. The zero-order valence-corrected chi connectivity index (χ0v) is 12.9. The van der Waals surface area contributed by atoms with Crippen LogP contribution in [0.15, 0.2) is 45.3 Å². The molecule has 0 aromatic heterocycles. The number of rotatable bonds is 0. The Morgan fingerprint density at radius 3 is 2.35 bits per heavy atom. The van der Waals surface area contributed by atoms with Gasteiger partial charge in [-0.15, -0.1) is 0 Å². The predicted octanol–water partition coefficient (Wildman–Crippen LogP) is 5.52. The first kappa shape index (κ1) is 11.5. The minimum absolute atomic E-state index is 0.0924. The van der Waals surface area contributed by atoms with Gasteiger partial charge in [-0.3, -0.25) is 0 Å². The Kier molecular flexibility index (Phi) is 2.50. The molecule has 0 N–H and O–H groups in total. The molecule has 0 bridgehead atoms. The van der Waals surface area contributed by atoms with Crippen LogP contribution in [0.4, 0.5) is 0 Å². The maximum atomic E-state index is 3.71. The summed E-state index contributed by atoms with van der Waals surface area (Å²) in [5.41, 5.74) is 5.58. The Bertz CT molecular complexity index is 612. The molecule has 1 aliphatic rings. The Hall–Kier alpha value is -0.600. The van der Waals surface area contributed by atoms with Gasteiger partial charge >= 0.3 is 0 Å². The normalized spacial score (nSPS) is 15.5. The van der Waals surface area contributed by atoms with E-state index in [0.717, 1.165) is 8.95 Å². The van der Waals surface area contributed by atoms with Crippen molar-refractivity contribution >= 4 is 31.9 Å². The molecule has 0 heterocycles. The molecule has 0 fully saturated rings. The Morgan fingerprint density at radius 2 is 1.59 bits per heavy atom. The van der Waals surface area contributed by atoms with Crippen molar-refractivity contribution in [3.63, 3.8) is 0 Å². The first-order chi connectivity index (χ1) is 8.03. The first-order valence-electron chi connectivity index (χ1n) is 5.62. The third kappa shape index (κ3) is 1.47. The number of benzene rings is 2. The summed E-state index contributed by atoms with van der Waals surface area (Å²) in [6.45, 7) is 4.58. The predicted molar refractivity (Wildman–Crippen MR) is 79.4 cm³/mol. The van der Waals surface area contributed by atoms with E-state index in [1.165, 1.54) is 22.3 Å². The summed E-state index contributed by atoms with van der Waals surface area (Å²) in [5.74, 6) is 0. The highest BCUT2D eigenvalue weighted by atomic mass is 79.9. The molecule has 0 atom stereocenters. The van der Waals surface area contributed by atoms with Gasteiger partial charge in [-0.05, 0) is 54.6 Å². The Labute approximate surface area is 118 Å². The van der Waals surface area contributed by atoms with Crippen LogP contribution in [-0.2, 0) is 5.41 Å². The van der Waals surface area contributed by atoms with E-state index >= 15 is 0 Å². The molecule has 0 nitrogen and oxygen atoms in total. The average Bonchev–Trinajstić information content (AvgIpc) is 2.54. The summed E-state index contributed by atoms with van der Waals surface area (Å²) >= 11 is 7.30. The SMILES string of the molecule is CC1(C)c2ccccc2-c2c1ccc(Br)c2Br. The van der Waals surface area contributed by atoms with Crippen LogP contribution in [0.3, 0.4) is 0 Å². The molecule has 0 spiro atoms. The molecule has 0 saturated heterocycles. The fourth-order valence-corrected chi connectivity index (χ4v) is 3.62. The van der Waals surface area contributed by atoms with Gasteiger partial charge in [0.25, 0.3) is 0 Å². The first-order valence-corrected chi connectivity index (χ1v) is 7.20. The lowest BCUT2D eigenvalue weighted by atomic mass is 9.82. The Morgan fingerprint density at radius 1 is 0.882 bits per heavy atom. The van der Waals surface area contributed by atoms with Crippen molar-refractivity contribution in [3.8, 4) is 11.1 Å². The van der Waals surface area contributed by atoms with Crippen molar-refractivity contribution in [3.05, 3.63) is 56.5 Å². The van der Waals surface area contributed by atoms with E-state index < -0.39 is 0 Å². The van der Waals surface area contributed by atoms with Crippen molar-refractivity contribution in [1.82, 2.24) is 0 Å². The minimum atomic E-state index is 0.0924. The van der Waals surface area contributed by atoms with Crippen molar-refractivity contribution in [2.75, 3.05) is 0 Å². The van der Waals surface area contributed by atoms with E-state index in [0.29, 0.717) is 0 Å². The van der Waals surface area contributed by atoms with Crippen LogP contribution in [0.25, 0.3) is 11.1 Å². The van der Waals surface area contributed by atoms with Crippen LogP contribution >= 0.6 is 31.9 Å². The largest absolute Gasteiger partial charge is 0.0619 e. The van der Waals surface area contributed by atoms with Gasteiger partial charge in [-0.2, -0.15) is 0 Å². The van der Waals surface area contributed by atoms with Gasteiger partial charge < -0.3 is 0 Å². The molecule has 0 radical (unpaired) electrons. The molecule has 2 aromatic carbocycles.